The second kappa shape index (κ2) is 6.04. The molecule has 0 aliphatic heterocycles. The molecule has 0 saturated carbocycles. The van der Waals surface area contributed by atoms with Crippen LogP contribution in [0.3, 0.4) is 0 Å². The van der Waals surface area contributed by atoms with Crippen molar-refractivity contribution in [2.75, 3.05) is 0 Å². The Morgan fingerprint density at radius 3 is 2.78 bits per heavy atom. The number of hydrogen-bond donors (Lipinski definition) is 1. The molecule has 1 aromatic carbocycles. The van der Waals surface area contributed by atoms with Crippen LogP contribution in [0.25, 0.3) is 5.69 Å². The monoisotopic (exact) mass is 314 g/mol. The highest BCUT2D eigenvalue weighted by atomic mass is 19.1. The molecule has 3 aromatic rings. The zero-order valence-corrected chi connectivity index (χ0v) is 12.7. The number of rotatable bonds is 4. The first-order valence-corrected chi connectivity index (χ1v) is 7.11. The van der Waals surface area contributed by atoms with Gasteiger partial charge in [-0.05, 0) is 12.1 Å². The number of halogens is 1. The van der Waals surface area contributed by atoms with Gasteiger partial charge >= 0.3 is 6.01 Å². The summed E-state index contributed by atoms with van der Waals surface area (Å²) in [4.78, 5) is 22.0. The molecule has 2 heterocycles. The highest BCUT2D eigenvalue weighted by molar-refractivity contribution is 5.49. The average Bonchev–Trinajstić information content (AvgIpc) is 2.99. The van der Waals surface area contributed by atoms with Gasteiger partial charge in [-0.25, -0.2) is 14.4 Å². The Hall–Kier alpha value is -2.96. The third kappa shape index (κ3) is 3.13. The lowest BCUT2D eigenvalue weighted by atomic mass is 10.2. The predicted octanol–water partition coefficient (Wildman–Crippen LogP) is 3.01. The Kier molecular flexibility index (Phi) is 3.92. The van der Waals surface area contributed by atoms with Crippen LogP contribution in [0.15, 0.2) is 47.7 Å². The zero-order chi connectivity index (χ0) is 16.4. The van der Waals surface area contributed by atoms with Crippen molar-refractivity contribution in [1.29, 1.82) is 0 Å². The van der Waals surface area contributed by atoms with Crippen molar-refractivity contribution in [1.82, 2.24) is 19.5 Å². The molecular formula is C16H15FN4O2. The van der Waals surface area contributed by atoms with Crippen molar-refractivity contribution in [3.05, 3.63) is 64.9 Å². The van der Waals surface area contributed by atoms with Crippen LogP contribution in [0.4, 0.5) is 4.39 Å². The first kappa shape index (κ1) is 15.0. The Labute approximate surface area is 131 Å². The minimum atomic E-state index is -0.398. The van der Waals surface area contributed by atoms with Crippen LogP contribution in [0, 0.1) is 5.82 Å². The highest BCUT2D eigenvalue weighted by Gasteiger charge is 2.15. The maximum absolute atomic E-state index is 13.7. The SMILES string of the molecule is CC(C)c1nccn1-c1cc(F)ccc1Oc1nccc(=O)[nH]1. The fourth-order valence-electron chi connectivity index (χ4n) is 2.22. The Morgan fingerprint density at radius 1 is 1.22 bits per heavy atom. The first-order chi connectivity index (χ1) is 11.0. The molecular weight excluding hydrogens is 299 g/mol. The van der Waals surface area contributed by atoms with Gasteiger partial charge in [-0.1, -0.05) is 13.8 Å². The van der Waals surface area contributed by atoms with Gasteiger partial charge in [0.1, 0.15) is 11.6 Å². The van der Waals surface area contributed by atoms with Gasteiger partial charge in [-0.3, -0.25) is 14.3 Å². The molecule has 0 bridgehead atoms. The van der Waals surface area contributed by atoms with Crippen LogP contribution in [-0.4, -0.2) is 19.5 Å². The van der Waals surface area contributed by atoms with Crippen molar-refractivity contribution in [2.45, 2.75) is 19.8 Å². The Bertz CT molecular complexity index is 886. The van der Waals surface area contributed by atoms with Crippen LogP contribution in [-0.2, 0) is 0 Å². The van der Waals surface area contributed by atoms with E-state index in [1.165, 1.54) is 30.5 Å². The molecule has 118 valence electrons. The summed E-state index contributed by atoms with van der Waals surface area (Å²) in [6.07, 6.45) is 4.72. The standard InChI is InChI=1S/C16H15FN4O2/c1-10(2)15-18-7-8-21(15)12-9-11(17)3-4-13(12)23-16-19-6-5-14(22)20-16/h3-10H,1-2H3,(H,19,20,22). The summed E-state index contributed by atoms with van der Waals surface area (Å²) in [6.45, 7) is 3.99. The van der Waals surface area contributed by atoms with Crippen LogP contribution in [0.5, 0.6) is 11.8 Å². The van der Waals surface area contributed by atoms with E-state index in [4.69, 9.17) is 4.74 Å². The van der Waals surface area contributed by atoms with E-state index in [1.807, 2.05) is 13.8 Å². The maximum Gasteiger partial charge on any atom is 0.302 e. The summed E-state index contributed by atoms with van der Waals surface area (Å²) in [7, 11) is 0. The van der Waals surface area contributed by atoms with E-state index in [0.717, 1.165) is 5.82 Å². The molecule has 0 unspecified atom stereocenters. The van der Waals surface area contributed by atoms with Crippen molar-refractivity contribution in [2.24, 2.45) is 0 Å². The van der Waals surface area contributed by atoms with Gasteiger partial charge in [0.25, 0.3) is 5.56 Å². The van der Waals surface area contributed by atoms with E-state index in [0.29, 0.717) is 11.4 Å². The summed E-state index contributed by atoms with van der Waals surface area (Å²) >= 11 is 0. The maximum atomic E-state index is 13.7. The van der Waals surface area contributed by atoms with E-state index in [1.54, 1.807) is 17.0 Å². The summed E-state index contributed by atoms with van der Waals surface area (Å²) < 4.78 is 21.1. The molecule has 0 spiro atoms. The quantitative estimate of drug-likeness (QED) is 0.803. The number of benzene rings is 1. The minimum absolute atomic E-state index is 0.0385. The molecule has 0 aliphatic carbocycles. The number of hydrogen-bond acceptors (Lipinski definition) is 4. The average molecular weight is 314 g/mol. The highest BCUT2D eigenvalue weighted by Crippen LogP contribution is 2.29. The lowest BCUT2D eigenvalue weighted by Gasteiger charge is -2.14. The number of aromatic nitrogens is 4. The van der Waals surface area contributed by atoms with E-state index >= 15 is 0 Å². The summed E-state index contributed by atoms with van der Waals surface area (Å²) in [5.74, 6) is 0.886. The molecule has 2 aromatic heterocycles. The minimum Gasteiger partial charge on any atom is -0.423 e. The summed E-state index contributed by atoms with van der Waals surface area (Å²) in [5.41, 5.74) is 0.155. The van der Waals surface area contributed by atoms with E-state index < -0.39 is 5.82 Å². The summed E-state index contributed by atoms with van der Waals surface area (Å²) in [5, 5.41) is 0. The molecule has 3 rings (SSSR count). The number of ether oxygens (including phenoxy) is 1. The van der Waals surface area contributed by atoms with Crippen LogP contribution < -0.4 is 10.3 Å². The van der Waals surface area contributed by atoms with E-state index in [9.17, 15) is 9.18 Å². The van der Waals surface area contributed by atoms with Crippen molar-refractivity contribution in [3.63, 3.8) is 0 Å². The fourth-order valence-corrected chi connectivity index (χ4v) is 2.22. The summed E-state index contributed by atoms with van der Waals surface area (Å²) in [6, 6.07) is 5.44. The number of aromatic amines is 1. The molecule has 1 N–H and O–H groups in total. The third-order valence-corrected chi connectivity index (χ3v) is 3.22. The fraction of sp³-hybridized carbons (Fsp3) is 0.188. The van der Waals surface area contributed by atoms with Crippen molar-refractivity contribution < 1.29 is 9.13 Å². The van der Waals surface area contributed by atoms with Crippen molar-refractivity contribution in [3.8, 4) is 17.4 Å². The molecule has 7 heteroatoms. The third-order valence-electron chi connectivity index (χ3n) is 3.22. The van der Waals surface area contributed by atoms with E-state index in [-0.39, 0.29) is 17.5 Å². The van der Waals surface area contributed by atoms with Gasteiger partial charge < -0.3 is 4.74 Å². The molecule has 0 atom stereocenters. The van der Waals surface area contributed by atoms with Crippen LogP contribution in [0.2, 0.25) is 0 Å². The van der Waals surface area contributed by atoms with Crippen LogP contribution in [0.1, 0.15) is 25.6 Å². The van der Waals surface area contributed by atoms with Crippen LogP contribution >= 0.6 is 0 Å². The van der Waals surface area contributed by atoms with Gasteiger partial charge in [0, 0.05) is 36.6 Å². The lowest BCUT2D eigenvalue weighted by molar-refractivity contribution is 0.436. The predicted molar refractivity (Wildman–Crippen MR) is 82.5 cm³/mol. The number of nitrogens with zero attached hydrogens (tertiary/aromatic N) is 3. The van der Waals surface area contributed by atoms with Gasteiger partial charge in [-0.15, -0.1) is 0 Å². The number of nitrogens with one attached hydrogen (secondary N) is 1. The molecule has 0 radical (unpaired) electrons. The first-order valence-electron chi connectivity index (χ1n) is 7.11. The lowest BCUT2D eigenvalue weighted by Crippen LogP contribution is -2.08. The van der Waals surface area contributed by atoms with Gasteiger partial charge in [-0.2, -0.15) is 0 Å². The Balaban J connectivity index is 2.08. The topological polar surface area (TPSA) is 72.8 Å². The normalized spacial score (nSPS) is 11.0. The van der Waals surface area contributed by atoms with E-state index in [2.05, 4.69) is 15.0 Å². The molecule has 23 heavy (non-hydrogen) atoms. The smallest absolute Gasteiger partial charge is 0.302 e. The van der Waals surface area contributed by atoms with Gasteiger partial charge in [0.05, 0.1) is 5.69 Å². The zero-order valence-electron chi connectivity index (χ0n) is 12.7. The van der Waals surface area contributed by atoms with Gasteiger partial charge in [0.15, 0.2) is 5.75 Å². The molecule has 0 saturated heterocycles. The second-order valence-electron chi connectivity index (χ2n) is 5.26. The molecule has 0 amide bonds. The second-order valence-corrected chi connectivity index (χ2v) is 5.26. The molecule has 0 aliphatic rings. The van der Waals surface area contributed by atoms with Gasteiger partial charge in [0.2, 0.25) is 0 Å². The number of H-pyrrole nitrogens is 1. The number of imidazole rings is 1. The molecule has 0 fully saturated rings. The Morgan fingerprint density at radius 2 is 2.04 bits per heavy atom. The molecule has 6 nitrogen and oxygen atoms in total. The largest absolute Gasteiger partial charge is 0.423 e. The van der Waals surface area contributed by atoms with Crippen molar-refractivity contribution >= 4 is 0 Å².